The highest BCUT2D eigenvalue weighted by atomic mass is 19.2. The summed E-state index contributed by atoms with van der Waals surface area (Å²) in [7, 11) is 0. The van der Waals surface area contributed by atoms with Gasteiger partial charge in [-0.3, -0.25) is 0 Å². The Morgan fingerprint density at radius 3 is 2.32 bits per heavy atom. The summed E-state index contributed by atoms with van der Waals surface area (Å²) < 4.78 is 60.7. The fraction of sp³-hybridized carbons (Fsp3) is 0.520. The van der Waals surface area contributed by atoms with E-state index in [1.807, 2.05) is 6.92 Å². The van der Waals surface area contributed by atoms with E-state index < -0.39 is 17.5 Å². The lowest BCUT2D eigenvalue weighted by atomic mass is 9.96. The van der Waals surface area contributed by atoms with E-state index in [4.69, 9.17) is 14.2 Å². The number of rotatable bonds is 10. The van der Waals surface area contributed by atoms with Crippen LogP contribution in [-0.2, 0) is 9.47 Å². The second-order valence-electron chi connectivity index (χ2n) is 7.93. The molecule has 0 aromatic heterocycles. The molecule has 0 N–H and O–H groups in total. The van der Waals surface area contributed by atoms with Gasteiger partial charge in [-0.15, -0.1) is 0 Å². The Morgan fingerprint density at radius 1 is 0.903 bits per heavy atom. The van der Waals surface area contributed by atoms with Crippen LogP contribution in [0.4, 0.5) is 13.2 Å². The zero-order valence-corrected chi connectivity index (χ0v) is 18.3. The molecule has 2 atom stereocenters. The van der Waals surface area contributed by atoms with Gasteiger partial charge in [0.2, 0.25) is 5.82 Å². The number of halogens is 3. The zero-order chi connectivity index (χ0) is 22.2. The van der Waals surface area contributed by atoms with Gasteiger partial charge in [-0.2, -0.15) is 4.39 Å². The molecule has 0 bridgehead atoms. The van der Waals surface area contributed by atoms with Gasteiger partial charge in [0.05, 0.1) is 25.4 Å². The minimum atomic E-state index is -1.11. The molecule has 1 fully saturated rings. The summed E-state index contributed by atoms with van der Waals surface area (Å²) in [6.45, 7) is 5.60. The molecular weight excluding hydrogens is 405 g/mol. The summed E-state index contributed by atoms with van der Waals surface area (Å²) in [5.41, 5.74) is 0.573. The first-order valence-corrected chi connectivity index (χ1v) is 11.2. The number of hydrogen-bond acceptors (Lipinski definition) is 3. The lowest BCUT2D eigenvalue weighted by Gasteiger charge is -2.29. The molecule has 31 heavy (non-hydrogen) atoms. The van der Waals surface area contributed by atoms with Crippen molar-refractivity contribution in [2.45, 2.75) is 64.6 Å². The van der Waals surface area contributed by atoms with Crippen molar-refractivity contribution >= 4 is 0 Å². The Bertz CT molecular complexity index is 848. The molecule has 1 aliphatic rings. The van der Waals surface area contributed by atoms with Crippen LogP contribution in [0.25, 0.3) is 11.1 Å². The Labute approximate surface area is 182 Å². The third-order valence-corrected chi connectivity index (χ3v) is 5.54. The molecule has 170 valence electrons. The Morgan fingerprint density at radius 2 is 1.65 bits per heavy atom. The van der Waals surface area contributed by atoms with Crippen LogP contribution >= 0.6 is 0 Å². The number of benzene rings is 2. The second kappa shape index (κ2) is 11.5. The predicted octanol–water partition coefficient (Wildman–Crippen LogP) is 6.99. The molecule has 0 radical (unpaired) electrons. The van der Waals surface area contributed by atoms with E-state index in [0.29, 0.717) is 18.8 Å². The van der Waals surface area contributed by atoms with Gasteiger partial charge in [0.25, 0.3) is 0 Å². The maximum Gasteiger partial charge on any atom is 0.201 e. The summed E-state index contributed by atoms with van der Waals surface area (Å²) >= 11 is 0. The van der Waals surface area contributed by atoms with Gasteiger partial charge in [0.15, 0.2) is 11.6 Å². The summed E-state index contributed by atoms with van der Waals surface area (Å²) in [6.07, 6.45) is 5.15. The van der Waals surface area contributed by atoms with Crippen LogP contribution in [0.5, 0.6) is 5.75 Å². The molecule has 6 heteroatoms. The quantitative estimate of drug-likeness (QED) is 0.376. The SMILES string of the molecule is CCCCOc1ccc(-c2ccc(C3CCC(OCCCC)CO3)cc2F)c(F)c1F. The van der Waals surface area contributed by atoms with E-state index in [1.54, 1.807) is 6.07 Å². The highest BCUT2D eigenvalue weighted by molar-refractivity contribution is 5.66. The van der Waals surface area contributed by atoms with E-state index in [1.165, 1.54) is 24.3 Å². The van der Waals surface area contributed by atoms with Crippen molar-refractivity contribution < 1.29 is 27.4 Å². The first kappa shape index (κ1) is 23.6. The first-order valence-electron chi connectivity index (χ1n) is 11.2. The third kappa shape index (κ3) is 6.01. The fourth-order valence-corrected chi connectivity index (χ4v) is 3.64. The molecule has 0 amide bonds. The van der Waals surface area contributed by atoms with Crippen LogP contribution in [0.1, 0.15) is 64.0 Å². The molecule has 1 heterocycles. The molecule has 3 nitrogen and oxygen atoms in total. The molecule has 0 saturated carbocycles. The van der Waals surface area contributed by atoms with E-state index >= 15 is 0 Å². The smallest absolute Gasteiger partial charge is 0.201 e. The summed E-state index contributed by atoms with van der Waals surface area (Å²) in [5.74, 6) is -2.97. The third-order valence-electron chi connectivity index (χ3n) is 5.54. The van der Waals surface area contributed by atoms with Crippen LogP contribution in [0, 0.1) is 17.5 Å². The summed E-state index contributed by atoms with van der Waals surface area (Å²) in [6, 6.07) is 7.24. The largest absolute Gasteiger partial charge is 0.490 e. The highest BCUT2D eigenvalue weighted by Crippen LogP contribution is 2.35. The summed E-state index contributed by atoms with van der Waals surface area (Å²) in [5, 5.41) is 0. The number of unbranched alkanes of at least 4 members (excludes halogenated alkanes) is 2. The molecule has 0 aliphatic carbocycles. The number of hydrogen-bond donors (Lipinski definition) is 0. The molecule has 3 rings (SSSR count). The molecule has 2 aromatic rings. The van der Waals surface area contributed by atoms with Gasteiger partial charge >= 0.3 is 0 Å². The normalized spacial score (nSPS) is 18.9. The lowest BCUT2D eigenvalue weighted by molar-refractivity contribution is -0.0872. The molecular formula is C25H31F3O3. The average Bonchev–Trinajstić information content (AvgIpc) is 2.78. The molecule has 2 aromatic carbocycles. The van der Waals surface area contributed by atoms with Crippen LogP contribution < -0.4 is 4.74 Å². The predicted molar refractivity (Wildman–Crippen MR) is 115 cm³/mol. The van der Waals surface area contributed by atoms with Gasteiger partial charge < -0.3 is 14.2 Å². The fourth-order valence-electron chi connectivity index (χ4n) is 3.64. The Kier molecular flexibility index (Phi) is 8.79. The monoisotopic (exact) mass is 436 g/mol. The van der Waals surface area contributed by atoms with E-state index in [9.17, 15) is 13.2 Å². The maximum atomic E-state index is 14.8. The topological polar surface area (TPSA) is 27.7 Å². The van der Waals surface area contributed by atoms with E-state index in [-0.39, 0.29) is 29.1 Å². The molecule has 1 saturated heterocycles. The minimum Gasteiger partial charge on any atom is -0.490 e. The van der Waals surface area contributed by atoms with Gasteiger partial charge in [-0.05, 0) is 49.4 Å². The van der Waals surface area contributed by atoms with Gasteiger partial charge in [-0.25, -0.2) is 8.78 Å². The van der Waals surface area contributed by atoms with Crippen LogP contribution in [0.2, 0.25) is 0 Å². The van der Waals surface area contributed by atoms with Crippen molar-refractivity contribution in [3.63, 3.8) is 0 Å². The van der Waals surface area contributed by atoms with Gasteiger partial charge in [0, 0.05) is 17.7 Å². The number of ether oxygens (including phenoxy) is 3. The highest BCUT2D eigenvalue weighted by Gasteiger charge is 2.25. The van der Waals surface area contributed by atoms with Crippen molar-refractivity contribution in [1.82, 2.24) is 0 Å². The van der Waals surface area contributed by atoms with E-state index in [2.05, 4.69) is 6.92 Å². The van der Waals surface area contributed by atoms with Crippen molar-refractivity contribution in [2.75, 3.05) is 19.8 Å². The van der Waals surface area contributed by atoms with Crippen LogP contribution in [0.3, 0.4) is 0 Å². The van der Waals surface area contributed by atoms with E-state index in [0.717, 1.165) is 45.1 Å². The van der Waals surface area contributed by atoms with Crippen molar-refractivity contribution in [1.29, 1.82) is 0 Å². The van der Waals surface area contributed by atoms with Gasteiger partial charge in [-0.1, -0.05) is 38.8 Å². The maximum absolute atomic E-state index is 14.8. The van der Waals surface area contributed by atoms with Crippen molar-refractivity contribution in [3.05, 3.63) is 53.3 Å². The average molecular weight is 437 g/mol. The van der Waals surface area contributed by atoms with Crippen LogP contribution in [-0.4, -0.2) is 25.9 Å². The second-order valence-corrected chi connectivity index (χ2v) is 7.93. The van der Waals surface area contributed by atoms with Crippen LogP contribution in [0.15, 0.2) is 30.3 Å². The van der Waals surface area contributed by atoms with Crippen molar-refractivity contribution in [3.8, 4) is 16.9 Å². The standard InChI is InChI=1S/C25H31F3O3/c1-3-5-13-29-18-8-11-22(31-16-18)17-7-9-19(21(26)15-17)20-10-12-23(25(28)24(20)27)30-14-6-4-2/h7,9-10,12,15,18,22H,3-6,8,11,13-14,16H2,1-2H3. The molecule has 1 aliphatic heterocycles. The minimum absolute atomic E-state index is 0.0110. The zero-order valence-electron chi connectivity index (χ0n) is 18.3. The van der Waals surface area contributed by atoms with Gasteiger partial charge in [0.1, 0.15) is 5.82 Å². The first-order chi connectivity index (χ1) is 15.0. The lowest BCUT2D eigenvalue weighted by Crippen LogP contribution is -2.28. The van der Waals surface area contributed by atoms with Crippen molar-refractivity contribution in [2.24, 2.45) is 0 Å². The Balaban J connectivity index is 1.68. The molecule has 2 unspecified atom stereocenters. The Hall–Kier alpha value is -2.05. The molecule has 0 spiro atoms. The summed E-state index contributed by atoms with van der Waals surface area (Å²) in [4.78, 5) is 0.